The highest BCUT2D eigenvalue weighted by Gasteiger charge is 2.51. The Morgan fingerprint density at radius 2 is 2.19 bits per heavy atom. The first kappa shape index (κ1) is 22.3. The Hall–Kier alpha value is -2.86. The average Bonchev–Trinajstić information content (AvgIpc) is 2.80. The molecular formula is C20H20F3N5O3S. The zero-order chi connectivity index (χ0) is 22.7. The molecule has 8 nitrogen and oxygen atoms in total. The first-order chi connectivity index (χ1) is 15.5. The normalized spacial score (nSPS) is 24.9. The fourth-order valence-corrected chi connectivity index (χ4v) is 5.07. The van der Waals surface area contributed by atoms with Gasteiger partial charge in [-0.05, 0) is 18.2 Å². The van der Waals surface area contributed by atoms with Crippen molar-refractivity contribution in [2.24, 2.45) is 16.6 Å². The number of hydrogen-bond acceptors (Lipinski definition) is 8. The van der Waals surface area contributed by atoms with Crippen molar-refractivity contribution in [3.8, 4) is 5.88 Å². The van der Waals surface area contributed by atoms with E-state index in [1.165, 1.54) is 30.0 Å². The smallest absolute Gasteiger partial charge is 0.275 e. The van der Waals surface area contributed by atoms with Gasteiger partial charge in [0.05, 0.1) is 24.0 Å². The molecule has 2 aromatic rings. The zero-order valence-corrected chi connectivity index (χ0v) is 17.6. The van der Waals surface area contributed by atoms with E-state index < -0.39 is 42.8 Å². The maximum absolute atomic E-state index is 15.0. The molecule has 1 aromatic heterocycles. The number of fused-ring (bicyclic) bond motifs is 1. The number of rotatable bonds is 6. The van der Waals surface area contributed by atoms with E-state index in [0.29, 0.717) is 23.0 Å². The number of aliphatic imine (C=N–C) groups is 1. The van der Waals surface area contributed by atoms with E-state index in [2.05, 4.69) is 25.0 Å². The number of amidine groups is 1. The number of nitrogens with zero attached hydrogens (tertiary/aromatic N) is 3. The molecule has 0 spiro atoms. The largest absolute Gasteiger partial charge is 0.445 e. The number of ether oxygens (including phenoxy) is 2. The molecule has 0 saturated carbocycles. The van der Waals surface area contributed by atoms with E-state index in [4.69, 9.17) is 10.5 Å². The van der Waals surface area contributed by atoms with E-state index in [1.54, 1.807) is 0 Å². The van der Waals surface area contributed by atoms with Crippen molar-refractivity contribution < 1.29 is 27.4 Å². The van der Waals surface area contributed by atoms with Gasteiger partial charge in [-0.25, -0.2) is 23.1 Å². The van der Waals surface area contributed by atoms with Gasteiger partial charge >= 0.3 is 0 Å². The summed E-state index contributed by atoms with van der Waals surface area (Å²) in [5, 5.41) is 2.92. The van der Waals surface area contributed by atoms with Gasteiger partial charge in [-0.2, -0.15) is 0 Å². The highest BCUT2D eigenvalue weighted by Crippen LogP contribution is 2.48. The van der Waals surface area contributed by atoms with E-state index in [1.807, 2.05) is 0 Å². The maximum Gasteiger partial charge on any atom is 0.275 e. The molecule has 1 saturated heterocycles. The molecule has 170 valence electrons. The van der Waals surface area contributed by atoms with Gasteiger partial charge in [0, 0.05) is 35.9 Å². The van der Waals surface area contributed by atoms with Crippen LogP contribution in [0.3, 0.4) is 0 Å². The molecule has 0 radical (unpaired) electrons. The number of amides is 1. The van der Waals surface area contributed by atoms with Gasteiger partial charge in [-0.1, -0.05) is 11.8 Å². The summed E-state index contributed by atoms with van der Waals surface area (Å²) in [6, 6.07) is 4.09. The predicted octanol–water partition coefficient (Wildman–Crippen LogP) is 2.81. The minimum absolute atomic E-state index is 0.0435. The standard InChI is InChI=1S/C20H20F3N5O3S/c21-6-16-13-9-32-19(24)28-20(13,3-4-30-16)12-5-11(1-2-14(12)23)27-18(29)15-7-26-17(8-25-15)31-10-22/h1-2,5,7-8,13,16H,3-4,6,9-10H2,(H2,24,28)(H,27,29). The lowest BCUT2D eigenvalue weighted by Crippen LogP contribution is -2.52. The number of carbonyl (C=O) groups is 1. The highest BCUT2D eigenvalue weighted by molar-refractivity contribution is 8.13. The Labute approximate surface area is 185 Å². The molecule has 2 aliphatic heterocycles. The fraction of sp³-hybridized carbons (Fsp3) is 0.400. The molecular weight excluding hydrogens is 447 g/mol. The van der Waals surface area contributed by atoms with Crippen LogP contribution in [-0.2, 0) is 10.3 Å². The van der Waals surface area contributed by atoms with Crippen molar-refractivity contribution in [2.45, 2.75) is 18.1 Å². The predicted molar refractivity (Wildman–Crippen MR) is 113 cm³/mol. The van der Waals surface area contributed by atoms with Gasteiger partial charge in [0.25, 0.3) is 5.91 Å². The number of benzene rings is 1. The molecule has 3 N–H and O–H groups in total. The van der Waals surface area contributed by atoms with Crippen molar-refractivity contribution in [3.63, 3.8) is 0 Å². The van der Waals surface area contributed by atoms with Gasteiger partial charge in [0.1, 0.15) is 18.2 Å². The lowest BCUT2D eigenvalue weighted by Gasteiger charge is -2.47. The summed E-state index contributed by atoms with van der Waals surface area (Å²) in [5.41, 5.74) is 5.33. The lowest BCUT2D eigenvalue weighted by molar-refractivity contribution is -0.0714. The quantitative estimate of drug-likeness (QED) is 0.672. The average molecular weight is 467 g/mol. The topological polar surface area (TPSA) is 112 Å². The first-order valence-corrected chi connectivity index (χ1v) is 10.7. The van der Waals surface area contributed by atoms with Crippen molar-refractivity contribution in [3.05, 3.63) is 47.7 Å². The summed E-state index contributed by atoms with van der Waals surface area (Å²) < 4.78 is 51.0. The number of nitrogens with two attached hydrogens (primary N) is 1. The Kier molecular flexibility index (Phi) is 6.51. The van der Waals surface area contributed by atoms with Gasteiger partial charge in [0.15, 0.2) is 5.17 Å². The monoisotopic (exact) mass is 467 g/mol. The minimum atomic E-state index is -1.10. The Balaban J connectivity index is 1.64. The molecule has 2 aliphatic rings. The summed E-state index contributed by atoms with van der Waals surface area (Å²) in [4.78, 5) is 24.8. The molecule has 12 heteroatoms. The van der Waals surface area contributed by atoms with Crippen LogP contribution in [-0.4, -0.2) is 53.0 Å². The Morgan fingerprint density at radius 3 is 2.91 bits per heavy atom. The summed E-state index contributed by atoms with van der Waals surface area (Å²) in [5.74, 6) is -1.20. The van der Waals surface area contributed by atoms with Crippen LogP contribution in [0.4, 0.5) is 18.9 Å². The van der Waals surface area contributed by atoms with Gasteiger partial charge in [-0.15, -0.1) is 0 Å². The third-order valence-electron chi connectivity index (χ3n) is 5.50. The molecule has 0 aliphatic carbocycles. The van der Waals surface area contributed by atoms with Crippen LogP contribution in [0.2, 0.25) is 0 Å². The van der Waals surface area contributed by atoms with E-state index in [-0.39, 0.29) is 23.7 Å². The van der Waals surface area contributed by atoms with Gasteiger partial charge in [-0.3, -0.25) is 9.79 Å². The third-order valence-corrected chi connectivity index (χ3v) is 6.42. The highest BCUT2D eigenvalue weighted by atomic mass is 32.2. The molecule has 3 unspecified atom stereocenters. The van der Waals surface area contributed by atoms with Crippen molar-refractivity contribution in [1.82, 2.24) is 9.97 Å². The number of anilines is 1. The molecule has 1 fully saturated rings. The van der Waals surface area contributed by atoms with Crippen LogP contribution < -0.4 is 15.8 Å². The molecule has 1 aromatic carbocycles. The van der Waals surface area contributed by atoms with E-state index in [0.717, 1.165) is 12.4 Å². The number of thioether (sulfide) groups is 1. The molecule has 4 rings (SSSR count). The Bertz CT molecular complexity index is 1030. The summed E-state index contributed by atoms with van der Waals surface area (Å²) in [6.45, 7) is -1.59. The summed E-state index contributed by atoms with van der Waals surface area (Å²) >= 11 is 1.28. The second-order valence-corrected chi connectivity index (χ2v) is 8.29. The van der Waals surface area contributed by atoms with Crippen LogP contribution in [0, 0.1) is 11.7 Å². The number of nitrogens with one attached hydrogen (secondary N) is 1. The second-order valence-electron chi connectivity index (χ2n) is 7.25. The second kappa shape index (κ2) is 9.33. The van der Waals surface area contributed by atoms with Crippen molar-refractivity contribution in [2.75, 3.05) is 31.2 Å². The Morgan fingerprint density at radius 1 is 1.34 bits per heavy atom. The van der Waals surface area contributed by atoms with Crippen LogP contribution in [0.5, 0.6) is 5.88 Å². The summed E-state index contributed by atoms with van der Waals surface area (Å²) in [6.07, 6.45) is 1.84. The lowest BCUT2D eigenvalue weighted by atomic mass is 9.72. The van der Waals surface area contributed by atoms with Crippen LogP contribution >= 0.6 is 11.8 Å². The molecule has 32 heavy (non-hydrogen) atoms. The fourth-order valence-electron chi connectivity index (χ4n) is 4.00. The number of hydrogen-bond donors (Lipinski definition) is 2. The number of alkyl halides is 2. The third kappa shape index (κ3) is 4.24. The van der Waals surface area contributed by atoms with Gasteiger partial charge in [0.2, 0.25) is 12.7 Å². The van der Waals surface area contributed by atoms with Gasteiger partial charge < -0.3 is 20.5 Å². The number of carbonyl (C=O) groups excluding carboxylic acids is 1. The van der Waals surface area contributed by atoms with E-state index >= 15 is 4.39 Å². The SMILES string of the molecule is NC1=NC2(c3cc(NC(=O)c4cnc(OCF)cn4)ccc3F)CCOC(CF)C2CS1. The van der Waals surface area contributed by atoms with Crippen LogP contribution in [0.1, 0.15) is 22.5 Å². The van der Waals surface area contributed by atoms with Crippen LogP contribution in [0.15, 0.2) is 35.6 Å². The number of aromatic nitrogens is 2. The minimum Gasteiger partial charge on any atom is -0.445 e. The summed E-state index contributed by atoms with van der Waals surface area (Å²) in [7, 11) is 0. The number of halogens is 3. The van der Waals surface area contributed by atoms with Crippen LogP contribution in [0.25, 0.3) is 0 Å². The zero-order valence-electron chi connectivity index (χ0n) is 16.8. The molecule has 1 amide bonds. The van der Waals surface area contributed by atoms with E-state index in [9.17, 15) is 13.6 Å². The molecule has 3 heterocycles. The molecule has 3 atom stereocenters. The first-order valence-electron chi connectivity index (χ1n) is 9.74. The van der Waals surface area contributed by atoms with Crippen molar-refractivity contribution >= 4 is 28.5 Å². The maximum atomic E-state index is 15.0. The molecule has 0 bridgehead atoms. The van der Waals surface area contributed by atoms with Crippen molar-refractivity contribution in [1.29, 1.82) is 0 Å².